The third kappa shape index (κ3) is 2.89. The first-order valence-corrected chi connectivity index (χ1v) is 6.20. The van der Waals surface area contributed by atoms with E-state index in [1.54, 1.807) is 4.57 Å². The van der Waals surface area contributed by atoms with Gasteiger partial charge in [0.25, 0.3) is 0 Å². The molecule has 2 rings (SSSR count). The van der Waals surface area contributed by atoms with E-state index in [-0.39, 0.29) is 5.75 Å². The Morgan fingerprint density at radius 2 is 2.33 bits per heavy atom. The van der Waals surface area contributed by atoms with Crippen molar-refractivity contribution in [2.24, 2.45) is 0 Å². The summed E-state index contributed by atoms with van der Waals surface area (Å²) >= 11 is 1.11. The van der Waals surface area contributed by atoms with Crippen LogP contribution in [0.4, 0.5) is 0 Å². The van der Waals surface area contributed by atoms with E-state index in [1.807, 2.05) is 13.8 Å². The average Bonchev–Trinajstić information content (AvgIpc) is 2.85. The summed E-state index contributed by atoms with van der Waals surface area (Å²) in [6.07, 6.45) is 1.53. The minimum Gasteiger partial charge on any atom is -0.481 e. The van der Waals surface area contributed by atoms with Crippen LogP contribution in [0.2, 0.25) is 0 Å². The molecule has 8 heteroatoms. The highest BCUT2D eigenvalue weighted by Gasteiger charge is 2.11. The summed E-state index contributed by atoms with van der Waals surface area (Å²) in [6.45, 7) is 4.11. The van der Waals surface area contributed by atoms with E-state index >= 15 is 0 Å². The van der Waals surface area contributed by atoms with Crippen molar-refractivity contribution >= 4 is 17.7 Å². The Morgan fingerprint density at radius 3 is 2.94 bits per heavy atom. The number of aromatic nitrogens is 4. The van der Waals surface area contributed by atoms with Crippen LogP contribution in [0.3, 0.4) is 0 Å². The van der Waals surface area contributed by atoms with E-state index < -0.39 is 5.97 Å². The number of carboxylic acid groups (broad SMARTS) is 1. The highest BCUT2D eigenvalue weighted by Crippen LogP contribution is 2.16. The smallest absolute Gasteiger partial charge is 0.313 e. The lowest BCUT2D eigenvalue weighted by molar-refractivity contribution is -0.133. The zero-order chi connectivity index (χ0) is 13.1. The van der Waals surface area contributed by atoms with E-state index in [1.165, 1.54) is 6.33 Å². The summed E-state index contributed by atoms with van der Waals surface area (Å²) in [6, 6.07) is 0. The number of aliphatic carboxylic acids is 1. The first kappa shape index (κ1) is 12.6. The van der Waals surface area contributed by atoms with Crippen LogP contribution >= 0.6 is 11.8 Å². The van der Waals surface area contributed by atoms with Crippen LogP contribution in [0, 0.1) is 13.8 Å². The predicted octanol–water partition coefficient (Wildman–Crippen LogP) is 1.11. The van der Waals surface area contributed by atoms with E-state index in [0.29, 0.717) is 17.6 Å². The highest BCUT2D eigenvalue weighted by molar-refractivity contribution is 7.99. The molecule has 0 fully saturated rings. The fraction of sp³-hybridized carbons (Fsp3) is 0.400. The van der Waals surface area contributed by atoms with Gasteiger partial charge in [-0.2, -0.15) is 0 Å². The summed E-state index contributed by atoms with van der Waals surface area (Å²) in [5.74, 6) is 0.389. The Kier molecular flexibility index (Phi) is 3.66. The van der Waals surface area contributed by atoms with Gasteiger partial charge in [0.1, 0.15) is 18.6 Å². The van der Waals surface area contributed by atoms with Gasteiger partial charge in [0.05, 0.1) is 11.4 Å². The molecule has 0 saturated carbocycles. The minimum absolute atomic E-state index is 0.0532. The number of aryl methyl sites for hydroxylation is 2. The topological polar surface area (TPSA) is 94.0 Å². The Bertz CT molecular complexity index is 544. The Hall–Kier alpha value is -1.83. The lowest BCUT2D eigenvalue weighted by Crippen LogP contribution is -2.04. The summed E-state index contributed by atoms with van der Waals surface area (Å²) in [5, 5.41) is 16.8. The van der Waals surface area contributed by atoms with Gasteiger partial charge in [-0.1, -0.05) is 11.8 Å². The predicted molar refractivity (Wildman–Crippen MR) is 63.5 cm³/mol. The van der Waals surface area contributed by atoms with Crippen LogP contribution in [0.15, 0.2) is 15.9 Å². The molecule has 0 radical (unpaired) electrons. The second kappa shape index (κ2) is 5.21. The molecule has 0 bridgehead atoms. The van der Waals surface area contributed by atoms with Crippen LogP contribution in [-0.2, 0) is 11.3 Å². The van der Waals surface area contributed by atoms with Crippen molar-refractivity contribution in [1.82, 2.24) is 19.7 Å². The van der Waals surface area contributed by atoms with E-state index in [0.717, 1.165) is 23.2 Å². The maximum atomic E-state index is 10.5. The molecule has 7 nitrogen and oxygen atoms in total. The van der Waals surface area contributed by atoms with Crippen molar-refractivity contribution < 1.29 is 14.3 Å². The van der Waals surface area contributed by atoms with Crippen molar-refractivity contribution in [2.75, 3.05) is 5.75 Å². The van der Waals surface area contributed by atoms with E-state index in [2.05, 4.69) is 15.2 Å². The molecule has 18 heavy (non-hydrogen) atoms. The molecule has 2 heterocycles. The maximum Gasteiger partial charge on any atom is 0.313 e. The first-order chi connectivity index (χ1) is 8.56. The Labute approximate surface area is 107 Å². The lowest BCUT2D eigenvalue weighted by Gasteiger charge is -2.01. The van der Waals surface area contributed by atoms with Crippen LogP contribution in [0.5, 0.6) is 0 Å². The summed E-state index contributed by atoms with van der Waals surface area (Å²) in [4.78, 5) is 14.8. The summed E-state index contributed by atoms with van der Waals surface area (Å²) < 4.78 is 7.16. The second-order valence-corrected chi connectivity index (χ2v) is 4.62. The maximum absolute atomic E-state index is 10.5. The van der Waals surface area contributed by atoms with Crippen molar-refractivity contribution in [3.63, 3.8) is 0 Å². The SMILES string of the molecule is Cc1nc(Cn2cnnc2SCC(=O)O)oc1C. The van der Waals surface area contributed by atoms with Crippen molar-refractivity contribution in [1.29, 1.82) is 0 Å². The zero-order valence-electron chi connectivity index (χ0n) is 9.95. The third-order valence-corrected chi connectivity index (χ3v) is 3.25. The van der Waals surface area contributed by atoms with Gasteiger partial charge < -0.3 is 9.52 Å². The summed E-state index contributed by atoms with van der Waals surface area (Å²) in [7, 11) is 0. The number of nitrogens with zero attached hydrogens (tertiary/aromatic N) is 4. The van der Waals surface area contributed by atoms with Crippen LogP contribution in [0.1, 0.15) is 17.3 Å². The fourth-order valence-corrected chi connectivity index (χ4v) is 1.98. The van der Waals surface area contributed by atoms with Crippen molar-refractivity contribution in [2.45, 2.75) is 25.5 Å². The number of rotatable bonds is 5. The monoisotopic (exact) mass is 268 g/mol. The molecule has 0 amide bonds. The molecular weight excluding hydrogens is 256 g/mol. The number of carboxylic acids is 1. The van der Waals surface area contributed by atoms with Gasteiger partial charge in [0, 0.05) is 0 Å². The van der Waals surface area contributed by atoms with Gasteiger partial charge in [0.2, 0.25) is 5.89 Å². The molecule has 2 aromatic rings. The largest absolute Gasteiger partial charge is 0.481 e. The number of thioether (sulfide) groups is 1. The lowest BCUT2D eigenvalue weighted by atomic mass is 10.4. The van der Waals surface area contributed by atoms with Gasteiger partial charge in [-0.05, 0) is 13.8 Å². The van der Waals surface area contributed by atoms with Gasteiger partial charge in [0.15, 0.2) is 5.16 Å². The molecular formula is C10H12N4O3S. The van der Waals surface area contributed by atoms with Crippen LogP contribution in [0.25, 0.3) is 0 Å². The Morgan fingerprint density at radius 1 is 1.56 bits per heavy atom. The number of oxazole rings is 1. The van der Waals surface area contributed by atoms with Crippen molar-refractivity contribution in [3.05, 3.63) is 23.7 Å². The molecule has 0 spiro atoms. The molecule has 0 unspecified atom stereocenters. The van der Waals surface area contributed by atoms with Gasteiger partial charge in [-0.15, -0.1) is 10.2 Å². The molecule has 2 aromatic heterocycles. The first-order valence-electron chi connectivity index (χ1n) is 5.21. The molecule has 0 aliphatic heterocycles. The second-order valence-electron chi connectivity index (χ2n) is 3.67. The number of hydrogen-bond donors (Lipinski definition) is 1. The number of carbonyl (C=O) groups is 1. The van der Waals surface area contributed by atoms with Crippen LogP contribution < -0.4 is 0 Å². The highest BCUT2D eigenvalue weighted by atomic mass is 32.2. The van der Waals surface area contributed by atoms with Crippen LogP contribution in [-0.4, -0.2) is 36.6 Å². The molecule has 0 aliphatic carbocycles. The molecule has 1 N–H and O–H groups in total. The average molecular weight is 268 g/mol. The van der Waals surface area contributed by atoms with E-state index in [4.69, 9.17) is 9.52 Å². The molecule has 0 aliphatic rings. The zero-order valence-corrected chi connectivity index (χ0v) is 10.8. The standard InChI is InChI=1S/C10H12N4O3S/c1-6-7(2)17-8(12-6)3-14-5-11-13-10(14)18-4-9(15)16/h5H,3-4H2,1-2H3,(H,15,16). The number of hydrogen-bond acceptors (Lipinski definition) is 6. The van der Waals surface area contributed by atoms with Crippen molar-refractivity contribution in [3.8, 4) is 0 Å². The molecule has 96 valence electrons. The minimum atomic E-state index is -0.891. The molecule has 0 atom stereocenters. The van der Waals surface area contributed by atoms with E-state index in [9.17, 15) is 4.79 Å². The summed E-state index contributed by atoms with van der Waals surface area (Å²) in [5.41, 5.74) is 0.845. The quantitative estimate of drug-likeness (QED) is 0.811. The van der Waals surface area contributed by atoms with Gasteiger partial charge in [-0.3, -0.25) is 9.36 Å². The Balaban J connectivity index is 2.09. The fourth-order valence-electron chi connectivity index (χ4n) is 1.34. The normalized spacial score (nSPS) is 10.8. The molecule has 0 aromatic carbocycles. The van der Waals surface area contributed by atoms with Gasteiger partial charge >= 0.3 is 5.97 Å². The third-order valence-electron chi connectivity index (χ3n) is 2.28. The molecule has 0 saturated heterocycles. The van der Waals surface area contributed by atoms with Gasteiger partial charge in [-0.25, -0.2) is 4.98 Å².